The van der Waals surface area contributed by atoms with Crippen molar-refractivity contribution in [2.75, 3.05) is 25.5 Å². The molecule has 23 heavy (non-hydrogen) atoms. The van der Waals surface area contributed by atoms with Gasteiger partial charge < -0.3 is 15.2 Å². The molecule has 1 aliphatic rings. The van der Waals surface area contributed by atoms with Crippen molar-refractivity contribution in [3.05, 3.63) is 29.3 Å². The molecule has 2 rings (SSSR count). The number of carboxylic acid groups (broad SMARTS) is 1. The molecule has 1 fully saturated rings. The van der Waals surface area contributed by atoms with Gasteiger partial charge in [0.1, 0.15) is 0 Å². The summed E-state index contributed by atoms with van der Waals surface area (Å²) in [5.41, 5.74) is 0. The second-order valence-electron chi connectivity index (χ2n) is 5.42. The molecule has 0 spiro atoms. The van der Waals surface area contributed by atoms with Crippen LogP contribution < -0.4 is 5.32 Å². The molecule has 0 radical (unpaired) electrons. The van der Waals surface area contributed by atoms with E-state index in [0.717, 1.165) is 17.7 Å². The second kappa shape index (κ2) is 9.15. The number of nitrogens with one attached hydrogen (secondary N) is 1. The highest BCUT2D eigenvalue weighted by Gasteiger charge is 2.29. The monoisotopic (exact) mass is 357 g/mol. The molecule has 1 aromatic carbocycles. The van der Waals surface area contributed by atoms with E-state index in [1.54, 1.807) is 6.07 Å². The van der Waals surface area contributed by atoms with Gasteiger partial charge in [0.2, 0.25) is 5.91 Å². The molecule has 0 saturated carbocycles. The standard InChI is InChI=1S/C16H20ClNO4S/c17-13-3-1-2-4-14(13)23-10-15(19)18-9-12(16(20)21)11-5-7-22-8-6-11/h1-4,11-12H,5-10H2,(H,18,19)(H,20,21). The highest BCUT2D eigenvalue weighted by atomic mass is 35.5. The summed E-state index contributed by atoms with van der Waals surface area (Å²) in [6, 6.07) is 7.31. The van der Waals surface area contributed by atoms with E-state index in [2.05, 4.69) is 5.32 Å². The summed E-state index contributed by atoms with van der Waals surface area (Å²) in [6.07, 6.45) is 1.45. The first-order chi connectivity index (χ1) is 11.1. The first kappa shape index (κ1) is 18.1. The van der Waals surface area contributed by atoms with Gasteiger partial charge in [-0.05, 0) is 30.9 Å². The summed E-state index contributed by atoms with van der Waals surface area (Å²) in [4.78, 5) is 24.2. The topological polar surface area (TPSA) is 75.6 Å². The van der Waals surface area contributed by atoms with Gasteiger partial charge in [0, 0.05) is 24.7 Å². The number of carboxylic acids is 1. The molecular weight excluding hydrogens is 338 g/mol. The molecule has 1 saturated heterocycles. The summed E-state index contributed by atoms with van der Waals surface area (Å²) in [5.74, 6) is -1.35. The predicted molar refractivity (Wildman–Crippen MR) is 89.9 cm³/mol. The third-order valence-electron chi connectivity index (χ3n) is 3.87. The van der Waals surface area contributed by atoms with Gasteiger partial charge in [-0.1, -0.05) is 23.7 Å². The van der Waals surface area contributed by atoms with Crippen LogP contribution in [0.3, 0.4) is 0 Å². The third-order valence-corrected chi connectivity index (χ3v) is 5.38. The minimum absolute atomic E-state index is 0.0535. The van der Waals surface area contributed by atoms with Gasteiger partial charge in [-0.15, -0.1) is 11.8 Å². The molecule has 1 amide bonds. The van der Waals surface area contributed by atoms with Gasteiger partial charge in [0.05, 0.1) is 16.7 Å². The maximum Gasteiger partial charge on any atom is 0.308 e. The Morgan fingerprint density at radius 1 is 1.35 bits per heavy atom. The Hall–Kier alpha value is -1.24. The zero-order chi connectivity index (χ0) is 16.7. The number of amides is 1. The smallest absolute Gasteiger partial charge is 0.308 e. The van der Waals surface area contributed by atoms with Crippen molar-refractivity contribution in [1.82, 2.24) is 5.32 Å². The number of halogens is 1. The maximum absolute atomic E-state index is 11.9. The van der Waals surface area contributed by atoms with E-state index < -0.39 is 11.9 Å². The van der Waals surface area contributed by atoms with Gasteiger partial charge in [-0.2, -0.15) is 0 Å². The van der Waals surface area contributed by atoms with E-state index in [4.69, 9.17) is 16.3 Å². The van der Waals surface area contributed by atoms with Crippen LogP contribution >= 0.6 is 23.4 Å². The lowest BCUT2D eigenvalue weighted by atomic mass is 9.86. The van der Waals surface area contributed by atoms with Gasteiger partial charge in [0.15, 0.2) is 0 Å². The van der Waals surface area contributed by atoms with Crippen molar-refractivity contribution in [2.45, 2.75) is 17.7 Å². The Labute approximate surface area is 144 Å². The van der Waals surface area contributed by atoms with Crippen LogP contribution in [0.2, 0.25) is 5.02 Å². The Morgan fingerprint density at radius 3 is 2.70 bits per heavy atom. The van der Waals surface area contributed by atoms with Crippen molar-refractivity contribution in [3.63, 3.8) is 0 Å². The molecule has 0 bridgehead atoms. The van der Waals surface area contributed by atoms with E-state index in [1.807, 2.05) is 18.2 Å². The third kappa shape index (κ3) is 5.71. The summed E-state index contributed by atoms with van der Waals surface area (Å²) in [5, 5.41) is 12.7. The first-order valence-electron chi connectivity index (χ1n) is 7.52. The lowest BCUT2D eigenvalue weighted by Gasteiger charge is -2.27. The zero-order valence-electron chi connectivity index (χ0n) is 12.7. The van der Waals surface area contributed by atoms with Crippen LogP contribution in [0.1, 0.15) is 12.8 Å². The van der Waals surface area contributed by atoms with Gasteiger partial charge in [-0.25, -0.2) is 0 Å². The minimum atomic E-state index is -0.865. The molecule has 0 aliphatic carbocycles. The van der Waals surface area contributed by atoms with Crippen LogP contribution in [0.5, 0.6) is 0 Å². The van der Waals surface area contributed by atoms with E-state index in [0.29, 0.717) is 18.2 Å². The number of thioether (sulfide) groups is 1. The Balaban J connectivity index is 1.79. The largest absolute Gasteiger partial charge is 0.481 e. The van der Waals surface area contributed by atoms with Gasteiger partial charge in [-0.3, -0.25) is 9.59 Å². The molecule has 1 aromatic rings. The van der Waals surface area contributed by atoms with Crippen molar-refractivity contribution < 1.29 is 19.4 Å². The van der Waals surface area contributed by atoms with Gasteiger partial charge >= 0.3 is 5.97 Å². The minimum Gasteiger partial charge on any atom is -0.481 e. The van der Waals surface area contributed by atoms with Crippen molar-refractivity contribution in [1.29, 1.82) is 0 Å². The number of hydrogen-bond donors (Lipinski definition) is 2. The van der Waals surface area contributed by atoms with E-state index in [1.165, 1.54) is 11.8 Å². The molecule has 0 aromatic heterocycles. The fourth-order valence-corrected chi connectivity index (χ4v) is 3.62. The Morgan fingerprint density at radius 2 is 2.04 bits per heavy atom. The summed E-state index contributed by atoms with van der Waals surface area (Å²) >= 11 is 7.38. The molecule has 5 nitrogen and oxygen atoms in total. The Kier molecular flexibility index (Phi) is 7.20. The quantitative estimate of drug-likeness (QED) is 0.734. The van der Waals surface area contributed by atoms with E-state index in [-0.39, 0.29) is 24.1 Å². The summed E-state index contributed by atoms with van der Waals surface area (Å²) in [6.45, 7) is 1.33. The molecule has 1 atom stereocenters. The van der Waals surface area contributed by atoms with E-state index in [9.17, 15) is 14.7 Å². The maximum atomic E-state index is 11.9. The van der Waals surface area contributed by atoms with Crippen LogP contribution in [0.25, 0.3) is 0 Å². The normalized spacial score (nSPS) is 16.7. The predicted octanol–water partition coefficient (Wildman–Crippen LogP) is 2.68. The van der Waals surface area contributed by atoms with Crippen molar-refractivity contribution in [2.24, 2.45) is 11.8 Å². The van der Waals surface area contributed by atoms with Crippen molar-refractivity contribution >= 4 is 35.2 Å². The molecule has 1 heterocycles. The molecule has 126 valence electrons. The molecule has 1 unspecified atom stereocenters. The lowest BCUT2D eigenvalue weighted by Crippen LogP contribution is -2.39. The number of benzene rings is 1. The van der Waals surface area contributed by atoms with Crippen LogP contribution in [-0.2, 0) is 14.3 Å². The fourth-order valence-electron chi connectivity index (χ4n) is 2.55. The number of carbonyl (C=O) groups excluding carboxylic acids is 1. The highest BCUT2D eigenvalue weighted by Crippen LogP contribution is 2.26. The van der Waals surface area contributed by atoms with Crippen LogP contribution in [-0.4, -0.2) is 42.5 Å². The number of hydrogen-bond acceptors (Lipinski definition) is 4. The number of aliphatic carboxylic acids is 1. The Bertz CT molecular complexity index is 549. The number of rotatable bonds is 7. The summed E-state index contributed by atoms with van der Waals surface area (Å²) < 4.78 is 5.26. The summed E-state index contributed by atoms with van der Waals surface area (Å²) in [7, 11) is 0. The number of ether oxygens (including phenoxy) is 1. The lowest BCUT2D eigenvalue weighted by molar-refractivity contribution is -0.144. The highest BCUT2D eigenvalue weighted by molar-refractivity contribution is 8.00. The molecule has 2 N–H and O–H groups in total. The van der Waals surface area contributed by atoms with Crippen LogP contribution in [0, 0.1) is 11.8 Å². The number of carbonyl (C=O) groups is 2. The van der Waals surface area contributed by atoms with Crippen LogP contribution in [0.15, 0.2) is 29.2 Å². The van der Waals surface area contributed by atoms with Gasteiger partial charge in [0.25, 0.3) is 0 Å². The zero-order valence-corrected chi connectivity index (χ0v) is 14.2. The SMILES string of the molecule is O=C(CSc1ccccc1Cl)NCC(C(=O)O)C1CCOCC1. The molecular formula is C16H20ClNO4S. The second-order valence-corrected chi connectivity index (χ2v) is 6.84. The van der Waals surface area contributed by atoms with Crippen molar-refractivity contribution in [3.8, 4) is 0 Å². The average Bonchev–Trinajstić information content (AvgIpc) is 2.55. The molecule has 7 heteroatoms. The average molecular weight is 358 g/mol. The molecule has 1 aliphatic heterocycles. The van der Waals surface area contributed by atoms with Crippen LogP contribution in [0.4, 0.5) is 0 Å². The van der Waals surface area contributed by atoms with E-state index >= 15 is 0 Å². The fraction of sp³-hybridized carbons (Fsp3) is 0.500. The first-order valence-corrected chi connectivity index (χ1v) is 8.89.